The van der Waals surface area contributed by atoms with Crippen LogP contribution in [0.1, 0.15) is 30.1 Å². The van der Waals surface area contributed by atoms with E-state index in [0.717, 1.165) is 12.8 Å². The van der Waals surface area contributed by atoms with Crippen LogP contribution in [0.25, 0.3) is 0 Å². The second-order valence-corrected chi connectivity index (χ2v) is 8.25. The number of sulfonamides is 1. The average Bonchev–Trinajstić information content (AvgIpc) is 2.71. The van der Waals surface area contributed by atoms with Gasteiger partial charge in [-0.05, 0) is 42.8 Å². The molecule has 0 bridgehead atoms. The first-order valence-corrected chi connectivity index (χ1v) is 10.7. The number of hydrogen-bond acceptors (Lipinski definition) is 5. The number of fused-ring (bicyclic) bond motifs is 1. The first-order chi connectivity index (χ1) is 13.4. The normalized spacial score (nSPS) is 13.1. The van der Waals surface area contributed by atoms with E-state index < -0.39 is 10.0 Å². The van der Waals surface area contributed by atoms with E-state index in [1.807, 2.05) is 0 Å². The molecule has 1 aliphatic rings. The molecule has 2 aromatic carbocycles. The zero-order chi connectivity index (χ0) is 20.1. The molecule has 150 valence electrons. The summed E-state index contributed by atoms with van der Waals surface area (Å²) in [5, 5.41) is 0. The highest BCUT2D eigenvalue weighted by molar-refractivity contribution is 7.92. The molecule has 8 heteroatoms. The second kappa shape index (κ2) is 8.52. The third kappa shape index (κ3) is 4.56. The molecule has 0 unspecified atom stereocenters. The quantitative estimate of drug-likeness (QED) is 0.766. The summed E-state index contributed by atoms with van der Waals surface area (Å²) in [6.45, 7) is 3.58. The van der Waals surface area contributed by atoms with Crippen molar-refractivity contribution in [3.05, 3.63) is 48.0 Å². The molecule has 7 nitrogen and oxygen atoms in total. The van der Waals surface area contributed by atoms with Crippen LogP contribution in [0.3, 0.4) is 0 Å². The van der Waals surface area contributed by atoms with E-state index in [1.54, 1.807) is 42.3 Å². The van der Waals surface area contributed by atoms with E-state index in [-0.39, 0.29) is 10.8 Å². The van der Waals surface area contributed by atoms with Crippen molar-refractivity contribution in [2.24, 2.45) is 0 Å². The lowest BCUT2D eigenvalue weighted by atomic mass is 10.2. The van der Waals surface area contributed by atoms with Crippen LogP contribution < -0.4 is 14.2 Å². The highest BCUT2D eigenvalue weighted by Crippen LogP contribution is 2.32. The van der Waals surface area contributed by atoms with Gasteiger partial charge in [-0.2, -0.15) is 0 Å². The van der Waals surface area contributed by atoms with Gasteiger partial charge in [0.1, 0.15) is 13.2 Å². The standard InChI is InChI=1S/C20H24N2O5S/c1-3-4-11-22(2)20(23)15-5-7-16(8-6-15)21-28(24,25)17-9-10-18-19(14-17)27-13-12-26-18/h5-10,14,21H,3-4,11-13H2,1-2H3. The van der Waals surface area contributed by atoms with Gasteiger partial charge in [-0.1, -0.05) is 13.3 Å². The van der Waals surface area contributed by atoms with Crippen molar-refractivity contribution in [2.75, 3.05) is 31.5 Å². The Hall–Kier alpha value is -2.74. The summed E-state index contributed by atoms with van der Waals surface area (Å²) in [5.41, 5.74) is 0.892. The molecule has 0 saturated heterocycles. The number of rotatable bonds is 7. The number of anilines is 1. The van der Waals surface area contributed by atoms with Crippen LogP contribution in [0.5, 0.6) is 11.5 Å². The highest BCUT2D eigenvalue weighted by Gasteiger charge is 2.20. The minimum atomic E-state index is -3.79. The Morgan fingerprint density at radius 1 is 1.07 bits per heavy atom. The number of nitrogens with one attached hydrogen (secondary N) is 1. The van der Waals surface area contributed by atoms with Gasteiger partial charge in [0.15, 0.2) is 11.5 Å². The van der Waals surface area contributed by atoms with E-state index in [4.69, 9.17) is 9.47 Å². The molecule has 1 heterocycles. The zero-order valence-corrected chi connectivity index (χ0v) is 16.8. The van der Waals surface area contributed by atoms with Gasteiger partial charge >= 0.3 is 0 Å². The molecule has 0 saturated carbocycles. The lowest BCUT2D eigenvalue weighted by Crippen LogP contribution is -2.27. The molecular weight excluding hydrogens is 380 g/mol. The van der Waals surface area contributed by atoms with Crippen molar-refractivity contribution in [3.8, 4) is 11.5 Å². The predicted octanol–water partition coefficient (Wildman–Crippen LogP) is 3.13. The molecular formula is C20H24N2O5S. The fourth-order valence-electron chi connectivity index (χ4n) is 2.80. The van der Waals surface area contributed by atoms with Crippen LogP contribution in [0.2, 0.25) is 0 Å². The third-order valence-corrected chi connectivity index (χ3v) is 5.78. The van der Waals surface area contributed by atoms with E-state index in [9.17, 15) is 13.2 Å². The van der Waals surface area contributed by atoms with Crippen molar-refractivity contribution in [3.63, 3.8) is 0 Å². The van der Waals surface area contributed by atoms with Crippen LogP contribution >= 0.6 is 0 Å². The van der Waals surface area contributed by atoms with Gasteiger partial charge in [0, 0.05) is 30.9 Å². The largest absolute Gasteiger partial charge is 0.486 e. The summed E-state index contributed by atoms with van der Waals surface area (Å²) in [5.74, 6) is 0.847. The van der Waals surface area contributed by atoms with Crippen LogP contribution in [0.15, 0.2) is 47.4 Å². The van der Waals surface area contributed by atoms with E-state index in [1.165, 1.54) is 12.1 Å². The molecule has 0 spiro atoms. The minimum absolute atomic E-state index is 0.0798. The van der Waals surface area contributed by atoms with Gasteiger partial charge in [0.05, 0.1) is 4.90 Å². The van der Waals surface area contributed by atoms with Crippen molar-refractivity contribution >= 4 is 21.6 Å². The number of carbonyl (C=O) groups excluding carboxylic acids is 1. The third-order valence-electron chi connectivity index (χ3n) is 4.40. The minimum Gasteiger partial charge on any atom is -0.486 e. The Morgan fingerprint density at radius 3 is 2.43 bits per heavy atom. The number of ether oxygens (including phenoxy) is 2. The number of amides is 1. The SMILES string of the molecule is CCCCN(C)C(=O)c1ccc(NS(=O)(=O)c2ccc3c(c2)OCCO3)cc1. The number of nitrogens with zero attached hydrogens (tertiary/aromatic N) is 1. The van der Waals surface area contributed by atoms with Crippen molar-refractivity contribution < 1.29 is 22.7 Å². The summed E-state index contributed by atoms with van der Waals surface area (Å²) in [6, 6.07) is 10.9. The molecule has 0 fully saturated rings. The molecule has 0 atom stereocenters. The Morgan fingerprint density at radius 2 is 1.75 bits per heavy atom. The molecule has 3 rings (SSSR count). The highest BCUT2D eigenvalue weighted by atomic mass is 32.2. The van der Waals surface area contributed by atoms with E-state index in [0.29, 0.717) is 42.5 Å². The summed E-state index contributed by atoms with van der Waals surface area (Å²) in [6.07, 6.45) is 1.95. The van der Waals surface area contributed by atoms with E-state index in [2.05, 4.69) is 11.6 Å². The lowest BCUT2D eigenvalue weighted by Gasteiger charge is -2.19. The van der Waals surface area contributed by atoms with Crippen molar-refractivity contribution in [1.29, 1.82) is 0 Å². The van der Waals surface area contributed by atoms with Gasteiger partial charge in [-0.3, -0.25) is 9.52 Å². The van der Waals surface area contributed by atoms with Crippen molar-refractivity contribution in [2.45, 2.75) is 24.7 Å². The number of carbonyl (C=O) groups is 1. The maximum Gasteiger partial charge on any atom is 0.262 e. The second-order valence-electron chi connectivity index (χ2n) is 6.57. The topological polar surface area (TPSA) is 84.9 Å². The maximum atomic E-state index is 12.6. The molecule has 0 radical (unpaired) electrons. The summed E-state index contributed by atoms with van der Waals surface area (Å²) < 4.78 is 38.7. The smallest absolute Gasteiger partial charge is 0.262 e. The van der Waals surface area contributed by atoms with Crippen LogP contribution in [0.4, 0.5) is 5.69 Å². The number of hydrogen-bond donors (Lipinski definition) is 1. The molecule has 1 N–H and O–H groups in total. The lowest BCUT2D eigenvalue weighted by molar-refractivity contribution is 0.0793. The molecule has 28 heavy (non-hydrogen) atoms. The van der Waals surface area contributed by atoms with Gasteiger partial charge in [0.2, 0.25) is 0 Å². The molecule has 1 aliphatic heterocycles. The zero-order valence-electron chi connectivity index (χ0n) is 16.0. The summed E-state index contributed by atoms with van der Waals surface area (Å²) >= 11 is 0. The molecule has 1 amide bonds. The Bertz CT molecular complexity index is 942. The molecule has 2 aromatic rings. The van der Waals surface area contributed by atoms with Gasteiger partial charge in [-0.15, -0.1) is 0 Å². The molecule has 0 aliphatic carbocycles. The van der Waals surface area contributed by atoms with Crippen LogP contribution in [-0.2, 0) is 10.0 Å². The number of unbranched alkanes of at least 4 members (excludes halogenated alkanes) is 1. The van der Waals surface area contributed by atoms with Crippen LogP contribution in [0, 0.1) is 0 Å². The Labute approximate surface area is 165 Å². The summed E-state index contributed by atoms with van der Waals surface area (Å²) in [7, 11) is -2.03. The fraction of sp³-hybridized carbons (Fsp3) is 0.350. The Kier molecular flexibility index (Phi) is 6.08. The average molecular weight is 404 g/mol. The van der Waals surface area contributed by atoms with Gasteiger partial charge in [0.25, 0.3) is 15.9 Å². The van der Waals surface area contributed by atoms with Crippen molar-refractivity contribution in [1.82, 2.24) is 4.90 Å². The van der Waals surface area contributed by atoms with Gasteiger partial charge < -0.3 is 14.4 Å². The van der Waals surface area contributed by atoms with Gasteiger partial charge in [-0.25, -0.2) is 8.42 Å². The van der Waals surface area contributed by atoms with E-state index >= 15 is 0 Å². The molecule has 0 aromatic heterocycles. The Balaban J connectivity index is 1.72. The first-order valence-electron chi connectivity index (χ1n) is 9.18. The van der Waals surface area contributed by atoms with Crippen LogP contribution in [-0.4, -0.2) is 46.0 Å². The summed E-state index contributed by atoms with van der Waals surface area (Å²) in [4.78, 5) is 14.1. The number of benzene rings is 2. The maximum absolute atomic E-state index is 12.6. The monoisotopic (exact) mass is 404 g/mol. The first kappa shape index (κ1) is 20.0. The predicted molar refractivity (Wildman–Crippen MR) is 107 cm³/mol. The fourth-order valence-corrected chi connectivity index (χ4v) is 3.88.